The van der Waals surface area contributed by atoms with Gasteiger partial charge in [0.2, 0.25) is 0 Å². The summed E-state index contributed by atoms with van der Waals surface area (Å²) in [7, 11) is 0. The molecule has 0 amide bonds. The van der Waals surface area contributed by atoms with E-state index in [1.54, 1.807) is 0 Å². The van der Waals surface area contributed by atoms with Gasteiger partial charge in [-0.2, -0.15) is 0 Å². The van der Waals surface area contributed by atoms with E-state index < -0.39 is 5.97 Å². The number of hydrogen-bond acceptors (Lipinski definition) is 2. The van der Waals surface area contributed by atoms with Gasteiger partial charge >= 0.3 is 5.97 Å². The maximum Gasteiger partial charge on any atom is 0.307 e. The second kappa shape index (κ2) is 2.99. The zero-order valence-corrected chi connectivity index (χ0v) is 7.52. The first kappa shape index (κ1) is 10.7. The van der Waals surface area contributed by atoms with Gasteiger partial charge in [0.1, 0.15) is 0 Å². The summed E-state index contributed by atoms with van der Waals surface area (Å²) >= 11 is 0. The zero-order valence-electron chi connectivity index (χ0n) is 6.70. The molecule has 3 nitrogen and oxygen atoms in total. The molecule has 4 heteroatoms. The quantitative estimate of drug-likeness (QED) is 0.628. The molecular weight excluding hydrogens is 166 g/mol. The number of nitrogens with two attached hydrogens (primary N) is 1. The van der Waals surface area contributed by atoms with Crippen molar-refractivity contribution < 1.29 is 9.90 Å². The molecule has 0 unspecified atom stereocenters. The molecule has 0 saturated heterocycles. The number of rotatable bonds is 1. The first-order chi connectivity index (χ1) is 4.46. The summed E-state index contributed by atoms with van der Waals surface area (Å²) in [6.45, 7) is 3.81. The third-order valence-electron chi connectivity index (χ3n) is 2.64. The third kappa shape index (κ3) is 1.49. The molecule has 0 aromatic heterocycles. The largest absolute Gasteiger partial charge is 0.481 e. The predicted molar refractivity (Wildman–Crippen MR) is 44.7 cm³/mol. The van der Waals surface area contributed by atoms with Gasteiger partial charge in [0.25, 0.3) is 0 Å². The van der Waals surface area contributed by atoms with Crippen LogP contribution in [0, 0.1) is 11.3 Å². The first-order valence-electron chi connectivity index (χ1n) is 3.44. The molecule has 0 aliphatic heterocycles. The molecule has 1 aliphatic rings. The number of aliphatic carboxylic acids is 1. The van der Waals surface area contributed by atoms with Crippen LogP contribution in [0.15, 0.2) is 0 Å². The predicted octanol–water partition coefficient (Wildman–Crippen LogP) is 0.866. The zero-order chi connectivity index (χ0) is 7.94. The Morgan fingerprint density at radius 3 is 2.18 bits per heavy atom. The van der Waals surface area contributed by atoms with Crippen molar-refractivity contribution in [2.24, 2.45) is 17.1 Å². The lowest BCUT2D eigenvalue weighted by atomic mass is 9.59. The van der Waals surface area contributed by atoms with Crippen molar-refractivity contribution in [3.05, 3.63) is 0 Å². The summed E-state index contributed by atoms with van der Waals surface area (Å²) in [6.07, 6.45) is 0.627. The molecular formula is C7H14ClNO2. The summed E-state index contributed by atoms with van der Waals surface area (Å²) in [5, 5.41) is 8.63. The van der Waals surface area contributed by atoms with E-state index in [4.69, 9.17) is 10.8 Å². The summed E-state index contributed by atoms with van der Waals surface area (Å²) in [6, 6.07) is 0.0635. The Morgan fingerprint density at radius 1 is 1.64 bits per heavy atom. The van der Waals surface area contributed by atoms with Gasteiger partial charge in [0.05, 0.1) is 5.92 Å². The van der Waals surface area contributed by atoms with Crippen LogP contribution in [0.4, 0.5) is 0 Å². The van der Waals surface area contributed by atoms with Gasteiger partial charge in [-0.1, -0.05) is 13.8 Å². The third-order valence-corrected chi connectivity index (χ3v) is 2.64. The minimum absolute atomic E-state index is 0. The second-order valence-corrected chi connectivity index (χ2v) is 3.55. The molecule has 1 aliphatic carbocycles. The van der Waals surface area contributed by atoms with E-state index >= 15 is 0 Å². The smallest absolute Gasteiger partial charge is 0.307 e. The maximum absolute atomic E-state index is 10.5. The van der Waals surface area contributed by atoms with Gasteiger partial charge in [0, 0.05) is 6.04 Å². The van der Waals surface area contributed by atoms with Crippen LogP contribution in [0.2, 0.25) is 0 Å². The van der Waals surface area contributed by atoms with E-state index in [-0.39, 0.29) is 29.8 Å². The molecule has 11 heavy (non-hydrogen) atoms. The molecule has 0 aromatic carbocycles. The fraction of sp³-hybridized carbons (Fsp3) is 0.857. The van der Waals surface area contributed by atoms with Gasteiger partial charge < -0.3 is 10.8 Å². The van der Waals surface area contributed by atoms with Gasteiger partial charge in [-0.3, -0.25) is 4.79 Å². The van der Waals surface area contributed by atoms with Gasteiger partial charge in [0.15, 0.2) is 0 Å². The molecule has 0 radical (unpaired) electrons. The van der Waals surface area contributed by atoms with Gasteiger partial charge in [-0.05, 0) is 11.8 Å². The summed E-state index contributed by atoms with van der Waals surface area (Å²) in [4.78, 5) is 10.5. The molecule has 1 rings (SSSR count). The Morgan fingerprint density at radius 2 is 2.09 bits per heavy atom. The number of carboxylic acid groups (broad SMARTS) is 1. The fourth-order valence-corrected chi connectivity index (χ4v) is 1.38. The Labute approximate surface area is 72.4 Å². The normalized spacial score (nSPS) is 33.4. The SMILES string of the molecule is CC1(C)[C@H](N)C[C@@H]1C(=O)O.Cl. The standard InChI is InChI=1S/C7H13NO2.ClH/c1-7(2)4(6(9)10)3-5(7)8;/h4-5H,3,8H2,1-2H3,(H,9,10);1H/t4-,5-;/m1./s1. The Balaban J connectivity index is 0.000001000. The molecule has 3 N–H and O–H groups in total. The molecule has 0 bridgehead atoms. The number of hydrogen-bond donors (Lipinski definition) is 2. The van der Waals surface area contributed by atoms with E-state index in [9.17, 15) is 4.79 Å². The summed E-state index contributed by atoms with van der Waals surface area (Å²) < 4.78 is 0. The minimum Gasteiger partial charge on any atom is -0.481 e. The molecule has 2 atom stereocenters. The van der Waals surface area contributed by atoms with Crippen molar-refractivity contribution in [2.75, 3.05) is 0 Å². The van der Waals surface area contributed by atoms with Crippen LogP contribution in [0.5, 0.6) is 0 Å². The molecule has 66 valence electrons. The van der Waals surface area contributed by atoms with E-state index in [2.05, 4.69) is 0 Å². The highest BCUT2D eigenvalue weighted by Crippen LogP contribution is 2.44. The van der Waals surface area contributed by atoms with Crippen LogP contribution in [0.25, 0.3) is 0 Å². The summed E-state index contributed by atoms with van der Waals surface area (Å²) in [5.41, 5.74) is 5.42. The highest BCUT2D eigenvalue weighted by molar-refractivity contribution is 5.85. The van der Waals surface area contributed by atoms with Crippen molar-refractivity contribution in [1.29, 1.82) is 0 Å². The topological polar surface area (TPSA) is 63.3 Å². The van der Waals surface area contributed by atoms with Crippen LogP contribution < -0.4 is 5.73 Å². The van der Waals surface area contributed by atoms with Crippen molar-refractivity contribution >= 4 is 18.4 Å². The molecule has 0 heterocycles. The lowest BCUT2D eigenvalue weighted by molar-refractivity contribution is -0.153. The average molecular weight is 180 g/mol. The van der Waals surface area contributed by atoms with Crippen molar-refractivity contribution in [1.82, 2.24) is 0 Å². The second-order valence-electron chi connectivity index (χ2n) is 3.55. The fourth-order valence-electron chi connectivity index (χ4n) is 1.38. The Kier molecular flexibility index (Phi) is 2.91. The maximum atomic E-state index is 10.5. The van der Waals surface area contributed by atoms with Crippen LogP contribution in [0.1, 0.15) is 20.3 Å². The average Bonchev–Trinajstić information content (AvgIpc) is 1.82. The monoisotopic (exact) mass is 179 g/mol. The van der Waals surface area contributed by atoms with E-state index in [1.165, 1.54) is 0 Å². The number of halogens is 1. The Hall–Kier alpha value is -0.280. The van der Waals surface area contributed by atoms with Crippen LogP contribution in [0.3, 0.4) is 0 Å². The van der Waals surface area contributed by atoms with Gasteiger partial charge in [-0.15, -0.1) is 12.4 Å². The Bertz CT molecular complexity index is 170. The van der Waals surface area contributed by atoms with E-state index in [0.29, 0.717) is 6.42 Å². The summed E-state index contributed by atoms with van der Waals surface area (Å²) in [5.74, 6) is -0.950. The highest BCUT2D eigenvalue weighted by Gasteiger charge is 2.49. The lowest BCUT2D eigenvalue weighted by Crippen LogP contribution is -2.57. The molecule has 0 spiro atoms. The first-order valence-corrected chi connectivity index (χ1v) is 3.44. The highest BCUT2D eigenvalue weighted by atomic mass is 35.5. The van der Waals surface area contributed by atoms with Crippen LogP contribution in [-0.4, -0.2) is 17.1 Å². The van der Waals surface area contributed by atoms with Crippen molar-refractivity contribution in [3.8, 4) is 0 Å². The number of carboxylic acids is 1. The van der Waals surface area contributed by atoms with Gasteiger partial charge in [-0.25, -0.2) is 0 Å². The number of carbonyl (C=O) groups is 1. The van der Waals surface area contributed by atoms with Crippen molar-refractivity contribution in [2.45, 2.75) is 26.3 Å². The van der Waals surface area contributed by atoms with E-state index in [1.807, 2.05) is 13.8 Å². The van der Waals surface area contributed by atoms with Crippen LogP contribution in [-0.2, 0) is 4.79 Å². The molecule has 0 aromatic rings. The molecule has 1 saturated carbocycles. The minimum atomic E-state index is -0.716. The lowest BCUT2D eigenvalue weighted by Gasteiger charge is -2.47. The van der Waals surface area contributed by atoms with Crippen molar-refractivity contribution in [3.63, 3.8) is 0 Å². The van der Waals surface area contributed by atoms with Crippen LogP contribution >= 0.6 is 12.4 Å². The van der Waals surface area contributed by atoms with E-state index in [0.717, 1.165) is 0 Å². The molecule has 1 fully saturated rings.